The molecule has 1 unspecified atom stereocenters. The predicted octanol–water partition coefficient (Wildman–Crippen LogP) is 3.15. The molecule has 0 aliphatic rings. The number of hydrogen-bond acceptors (Lipinski definition) is 2. The Morgan fingerprint density at radius 2 is 2.12 bits per heavy atom. The van der Waals surface area contributed by atoms with Crippen LogP contribution in [0.25, 0.3) is 0 Å². The van der Waals surface area contributed by atoms with Gasteiger partial charge in [0.05, 0.1) is 29.2 Å². The average Bonchev–Trinajstić information content (AvgIpc) is 2.67. The lowest BCUT2D eigenvalue weighted by molar-refractivity contribution is 0.575. The van der Waals surface area contributed by atoms with E-state index in [4.69, 9.17) is 11.6 Å². The van der Waals surface area contributed by atoms with E-state index in [0.717, 1.165) is 11.3 Å². The topological polar surface area (TPSA) is 41.6 Å². The first kappa shape index (κ1) is 11.7. The molecule has 1 aromatic heterocycles. The number of rotatable bonds is 3. The van der Waals surface area contributed by atoms with Crippen LogP contribution >= 0.6 is 11.6 Å². The average molecular weight is 246 g/mol. The van der Waals surface area contributed by atoms with E-state index < -0.39 is 0 Å². The summed E-state index contributed by atoms with van der Waals surface area (Å²) in [4.78, 5) is 0. The Balaban J connectivity index is 2.19. The zero-order valence-electron chi connectivity index (χ0n) is 9.47. The highest BCUT2D eigenvalue weighted by molar-refractivity contribution is 6.31. The number of nitriles is 1. The van der Waals surface area contributed by atoms with Gasteiger partial charge in [0.1, 0.15) is 0 Å². The molecule has 17 heavy (non-hydrogen) atoms. The van der Waals surface area contributed by atoms with Gasteiger partial charge in [-0.15, -0.1) is 0 Å². The van der Waals surface area contributed by atoms with Crippen molar-refractivity contribution in [2.45, 2.75) is 19.4 Å². The summed E-state index contributed by atoms with van der Waals surface area (Å²) in [5.41, 5.74) is 1.79. The van der Waals surface area contributed by atoms with Gasteiger partial charge in [-0.2, -0.15) is 10.4 Å². The fourth-order valence-electron chi connectivity index (χ4n) is 1.68. The summed E-state index contributed by atoms with van der Waals surface area (Å²) in [6.07, 6.45) is 1.75. The van der Waals surface area contributed by atoms with Crippen molar-refractivity contribution in [3.63, 3.8) is 0 Å². The summed E-state index contributed by atoms with van der Waals surface area (Å²) in [7, 11) is 0. The summed E-state index contributed by atoms with van der Waals surface area (Å²) in [6.45, 7) is 2.37. The highest BCUT2D eigenvalue weighted by Crippen LogP contribution is 2.19. The zero-order chi connectivity index (χ0) is 12.3. The van der Waals surface area contributed by atoms with Crippen molar-refractivity contribution in [1.82, 2.24) is 9.78 Å². The van der Waals surface area contributed by atoms with Gasteiger partial charge in [0, 0.05) is 6.20 Å². The van der Waals surface area contributed by atoms with Crippen molar-refractivity contribution in [3.8, 4) is 6.07 Å². The highest BCUT2D eigenvalue weighted by atomic mass is 35.5. The van der Waals surface area contributed by atoms with E-state index in [-0.39, 0.29) is 5.92 Å². The molecule has 2 rings (SSSR count). The molecule has 0 saturated heterocycles. The van der Waals surface area contributed by atoms with Gasteiger partial charge in [0.25, 0.3) is 0 Å². The fourth-order valence-corrected chi connectivity index (χ4v) is 1.83. The molecule has 0 bridgehead atoms. The molecule has 3 nitrogen and oxygen atoms in total. The highest BCUT2D eigenvalue weighted by Gasteiger charge is 2.12. The zero-order valence-corrected chi connectivity index (χ0v) is 10.2. The maximum Gasteiger partial charge on any atom is 0.0908 e. The minimum Gasteiger partial charge on any atom is -0.269 e. The van der Waals surface area contributed by atoms with Crippen molar-refractivity contribution in [2.24, 2.45) is 0 Å². The van der Waals surface area contributed by atoms with E-state index >= 15 is 0 Å². The molecular formula is C13H12ClN3. The minimum absolute atomic E-state index is 0.202. The SMILES string of the molecule is Cc1nn(CC(C#N)c2ccccc2)cc1Cl. The van der Waals surface area contributed by atoms with E-state index in [9.17, 15) is 5.26 Å². The second kappa shape index (κ2) is 5.03. The van der Waals surface area contributed by atoms with Gasteiger partial charge in [-0.1, -0.05) is 41.9 Å². The maximum absolute atomic E-state index is 9.19. The van der Waals surface area contributed by atoms with E-state index in [1.165, 1.54) is 0 Å². The van der Waals surface area contributed by atoms with Crippen molar-refractivity contribution in [1.29, 1.82) is 5.26 Å². The summed E-state index contributed by atoms with van der Waals surface area (Å²) >= 11 is 5.94. The first-order valence-corrected chi connectivity index (χ1v) is 5.72. The van der Waals surface area contributed by atoms with Crippen LogP contribution in [0, 0.1) is 18.3 Å². The third kappa shape index (κ3) is 2.66. The second-order valence-electron chi connectivity index (χ2n) is 3.88. The maximum atomic E-state index is 9.19. The van der Waals surface area contributed by atoms with Crippen LogP contribution in [-0.4, -0.2) is 9.78 Å². The lowest BCUT2D eigenvalue weighted by Gasteiger charge is -2.09. The predicted molar refractivity (Wildman–Crippen MR) is 66.8 cm³/mol. The van der Waals surface area contributed by atoms with Crippen LogP contribution in [0.5, 0.6) is 0 Å². The molecule has 2 aromatic rings. The molecule has 0 spiro atoms. The number of benzene rings is 1. The van der Waals surface area contributed by atoms with Gasteiger partial charge in [-0.3, -0.25) is 4.68 Å². The van der Waals surface area contributed by atoms with Gasteiger partial charge >= 0.3 is 0 Å². The second-order valence-corrected chi connectivity index (χ2v) is 4.28. The Morgan fingerprint density at radius 3 is 2.65 bits per heavy atom. The van der Waals surface area contributed by atoms with E-state index in [1.807, 2.05) is 37.3 Å². The van der Waals surface area contributed by atoms with Crippen molar-refractivity contribution < 1.29 is 0 Å². The molecule has 0 N–H and O–H groups in total. The number of aromatic nitrogens is 2. The summed E-state index contributed by atoms with van der Waals surface area (Å²) in [5.74, 6) is -0.202. The van der Waals surface area contributed by atoms with E-state index in [2.05, 4.69) is 11.2 Å². The molecule has 0 saturated carbocycles. The van der Waals surface area contributed by atoms with Crippen LogP contribution in [0.1, 0.15) is 17.2 Å². The molecule has 0 aliphatic carbocycles. The normalized spacial score (nSPS) is 12.1. The first-order valence-electron chi connectivity index (χ1n) is 5.35. The van der Waals surface area contributed by atoms with Crippen molar-refractivity contribution >= 4 is 11.6 Å². The third-order valence-corrected chi connectivity index (χ3v) is 2.98. The lowest BCUT2D eigenvalue weighted by atomic mass is 10.0. The van der Waals surface area contributed by atoms with Crippen LogP contribution in [0.4, 0.5) is 0 Å². The van der Waals surface area contributed by atoms with Crippen LogP contribution in [0.15, 0.2) is 36.5 Å². The number of aryl methyl sites for hydroxylation is 1. The van der Waals surface area contributed by atoms with Crippen LogP contribution in [-0.2, 0) is 6.54 Å². The molecular weight excluding hydrogens is 234 g/mol. The van der Waals surface area contributed by atoms with Gasteiger partial charge in [0.2, 0.25) is 0 Å². The first-order chi connectivity index (χ1) is 8.20. The van der Waals surface area contributed by atoms with E-state index in [1.54, 1.807) is 10.9 Å². The molecule has 0 radical (unpaired) electrons. The Morgan fingerprint density at radius 1 is 1.41 bits per heavy atom. The van der Waals surface area contributed by atoms with Crippen molar-refractivity contribution in [3.05, 3.63) is 52.8 Å². The molecule has 0 aliphatic heterocycles. The molecule has 1 atom stereocenters. The van der Waals surface area contributed by atoms with Crippen LogP contribution in [0.2, 0.25) is 5.02 Å². The van der Waals surface area contributed by atoms with Gasteiger partial charge < -0.3 is 0 Å². The smallest absolute Gasteiger partial charge is 0.0908 e. The Labute approximate surface area is 105 Å². The third-order valence-electron chi connectivity index (χ3n) is 2.61. The largest absolute Gasteiger partial charge is 0.269 e. The minimum atomic E-state index is -0.202. The monoisotopic (exact) mass is 245 g/mol. The Bertz CT molecular complexity index is 520. The molecule has 1 heterocycles. The van der Waals surface area contributed by atoms with Gasteiger partial charge in [-0.05, 0) is 12.5 Å². The lowest BCUT2D eigenvalue weighted by Crippen LogP contribution is -2.08. The Hall–Kier alpha value is -1.79. The summed E-state index contributed by atoms with van der Waals surface area (Å²) < 4.78 is 1.72. The van der Waals surface area contributed by atoms with Crippen LogP contribution in [0.3, 0.4) is 0 Å². The fraction of sp³-hybridized carbons (Fsp3) is 0.231. The molecule has 86 valence electrons. The summed E-state index contributed by atoms with van der Waals surface area (Å²) in [6, 6.07) is 12.0. The molecule has 4 heteroatoms. The number of halogens is 1. The van der Waals surface area contributed by atoms with E-state index in [0.29, 0.717) is 11.6 Å². The number of hydrogen-bond donors (Lipinski definition) is 0. The summed E-state index contributed by atoms with van der Waals surface area (Å²) in [5, 5.41) is 14.1. The van der Waals surface area contributed by atoms with Crippen molar-refractivity contribution in [2.75, 3.05) is 0 Å². The standard InChI is InChI=1S/C13H12ClN3/c1-10-13(14)9-17(16-10)8-12(7-15)11-5-3-2-4-6-11/h2-6,9,12H,8H2,1H3. The van der Waals surface area contributed by atoms with Gasteiger partial charge in [0.15, 0.2) is 0 Å². The van der Waals surface area contributed by atoms with Gasteiger partial charge in [-0.25, -0.2) is 0 Å². The number of nitrogens with zero attached hydrogens (tertiary/aromatic N) is 3. The molecule has 1 aromatic carbocycles. The Kier molecular flexibility index (Phi) is 3.46. The molecule has 0 fully saturated rings. The quantitative estimate of drug-likeness (QED) is 0.834. The van der Waals surface area contributed by atoms with Crippen LogP contribution < -0.4 is 0 Å². The molecule has 0 amide bonds.